The van der Waals surface area contributed by atoms with E-state index in [1.807, 2.05) is 0 Å². The van der Waals surface area contributed by atoms with E-state index in [9.17, 15) is 19.8 Å². The number of rotatable bonds is 1. The average molecular weight is 563 g/mol. The molecule has 7 rings (SSSR count). The molecule has 11 heteroatoms. The highest BCUT2D eigenvalue weighted by Crippen LogP contribution is 2.75. The van der Waals surface area contributed by atoms with Gasteiger partial charge in [-0.05, 0) is 33.6 Å². The van der Waals surface area contributed by atoms with Gasteiger partial charge in [0, 0.05) is 17.9 Å². The zero-order valence-electron chi connectivity index (χ0n) is 23.2. The summed E-state index contributed by atoms with van der Waals surface area (Å²) in [4.78, 5) is 26.4. The molecular weight excluding hydrogens is 524 g/mol. The maximum atomic E-state index is 13.4. The van der Waals surface area contributed by atoms with E-state index in [1.54, 1.807) is 26.0 Å². The number of esters is 2. The van der Waals surface area contributed by atoms with Gasteiger partial charge in [-0.3, -0.25) is 0 Å². The van der Waals surface area contributed by atoms with E-state index in [1.165, 1.54) is 12.2 Å². The fourth-order valence-electron chi connectivity index (χ4n) is 8.09. The lowest BCUT2D eigenvalue weighted by molar-refractivity contribution is -0.251. The monoisotopic (exact) mass is 562 g/mol. The van der Waals surface area contributed by atoms with Crippen molar-refractivity contribution in [2.75, 3.05) is 19.8 Å². The molecule has 0 amide bonds. The maximum absolute atomic E-state index is 13.4. The third kappa shape index (κ3) is 3.55. The number of hydrogen-bond donors (Lipinski definition) is 2. The van der Waals surface area contributed by atoms with E-state index in [0.717, 1.165) is 6.42 Å². The van der Waals surface area contributed by atoms with Crippen molar-refractivity contribution in [1.82, 2.24) is 0 Å². The van der Waals surface area contributed by atoms with Crippen molar-refractivity contribution in [2.45, 2.75) is 113 Å². The normalized spacial score (nSPS) is 56.4. The number of epoxide rings is 3. The highest BCUT2D eigenvalue weighted by Gasteiger charge is 2.86. The first-order chi connectivity index (χ1) is 18.9. The van der Waals surface area contributed by atoms with Gasteiger partial charge in [-0.1, -0.05) is 25.2 Å². The number of ether oxygens (including phenoxy) is 7. The second-order valence-electron chi connectivity index (χ2n) is 13.2. The molecule has 7 aliphatic rings. The predicted molar refractivity (Wildman–Crippen MR) is 135 cm³/mol. The molecular formula is C29H38O11. The summed E-state index contributed by atoms with van der Waals surface area (Å²) in [6, 6.07) is 0. The minimum Gasteiger partial charge on any atom is -0.463 e. The number of cyclic esters (lactones) is 1. The minimum absolute atomic E-state index is 0.0139. The van der Waals surface area contributed by atoms with Crippen LogP contribution in [0.3, 0.4) is 0 Å². The summed E-state index contributed by atoms with van der Waals surface area (Å²) in [7, 11) is 0. The third-order valence-electron chi connectivity index (χ3n) is 11.1. The molecule has 6 fully saturated rings. The number of aliphatic hydroxyl groups excluding tert-OH is 2. The molecule has 40 heavy (non-hydrogen) atoms. The van der Waals surface area contributed by atoms with Crippen molar-refractivity contribution < 1.29 is 53.0 Å². The Bertz CT molecular complexity index is 1160. The van der Waals surface area contributed by atoms with Crippen LogP contribution in [-0.4, -0.2) is 108 Å². The number of carbonyl (C=O) groups is 2. The molecule has 0 aromatic rings. The molecule has 2 bridgehead atoms. The number of allylic oxidation sites excluding steroid dienone is 2. The van der Waals surface area contributed by atoms with Crippen LogP contribution < -0.4 is 0 Å². The number of fused-ring (bicyclic) bond motifs is 3. The SMILES string of the molecule is C[C@@H](O)[C@H]1/C=C/C=CC(=O)O[C@@H]2C[C@H]3O[C@@H]4[C@@H]5OC5(C)CC[C@]4(COC(=O)[C@H]4O[C@]4(C)[C@@H](O)CO1)[C@]2(C)[C@]31CO1. The molecule has 2 spiro atoms. The quantitative estimate of drug-likeness (QED) is 0.344. The summed E-state index contributed by atoms with van der Waals surface area (Å²) in [5.41, 5.74) is -3.54. The van der Waals surface area contributed by atoms with Gasteiger partial charge in [-0.15, -0.1) is 0 Å². The van der Waals surface area contributed by atoms with Gasteiger partial charge in [-0.2, -0.15) is 0 Å². The Morgan fingerprint density at radius 2 is 1.80 bits per heavy atom. The predicted octanol–water partition coefficient (Wildman–Crippen LogP) is 0.736. The summed E-state index contributed by atoms with van der Waals surface area (Å²) in [5.74, 6) is -1.10. The van der Waals surface area contributed by atoms with Crippen LogP contribution in [0.5, 0.6) is 0 Å². The van der Waals surface area contributed by atoms with Gasteiger partial charge in [0.1, 0.15) is 42.2 Å². The van der Waals surface area contributed by atoms with Crippen LogP contribution >= 0.6 is 0 Å². The van der Waals surface area contributed by atoms with Crippen molar-refractivity contribution in [3.05, 3.63) is 24.3 Å². The Hall–Kier alpha value is -1.86. The summed E-state index contributed by atoms with van der Waals surface area (Å²) in [6.45, 7) is 7.67. The van der Waals surface area contributed by atoms with E-state index in [4.69, 9.17) is 33.2 Å². The zero-order valence-corrected chi connectivity index (χ0v) is 23.2. The smallest absolute Gasteiger partial charge is 0.338 e. The first-order valence-corrected chi connectivity index (χ1v) is 14.3. The fourth-order valence-corrected chi connectivity index (χ4v) is 8.09. The number of hydrogen-bond acceptors (Lipinski definition) is 11. The number of carbonyl (C=O) groups excluding carboxylic acids is 2. The van der Waals surface area contributed by atoms with Crippen LogP contribution in [0.2, 0.25) is 0 Å². The van der Waals surface area contributed by atoms with E-state index >= 15 is 0 Å². The van der Waals surface area contributed by atoms with Crippen molar-refractivity contribution in [3.63, 3.8) is 0 Å². The molecule has 2 N–H and O–H groups in total. The Labute approximate surface area is 232 Å². The molecule has 2 saturated carbocycles. The Morgan fingerprint density at radius 1 is 1.02 bits per heavy atom. The highest BCUT2D eigenvalue weighted by molar-refractivity contribution is 5.82. The van der Waals surface area contributed by atoms with Crippen LogP contribution in [0, 0.1) is 10.8 Å². The second-order valence-corrected chi connectivity index (χ2v) is 13.2. The summed E-state index contributed by atoms with van der Waals surface area (Å²) >= 11 is 0. The summed E-state index contributed by atoms with van der Waals surface area (Å²) < 4.78 is 42.6. The Balaban J connectivity index is 1.25. The minimum atomic E-state index is -1.18. The molecule has 11 nitrogen and oxygen atoms in total. The van der Waals surface area contributed by atoms with Crippen LogP contribution in [0.4, 0.5) is 0 Å². The van der Waals surface area contributed by atoms with E-state index < -0.39 is 64.5 Å². The van der Waals surface area contributed by atoms with Gasteiger partial charge < -0.3 is 43.4 Å². The van der Waals surface area contributed by atoms with E-state index in [-0.39, 0.29) is 37.1 Å². The first kappa shape index (κ1) is 27.0. The van der Waals surface area contributed by atoms with Crippen molar-refractivity contribution in [2.24, 2.45) is 10.8 Å². The lowest BCUT2D eigenvalue weighted by Gasteiger charge is -2.58. The molecule has 4 saturated heterocycles. The topological polar surface area (TPSA) is 149 Å². The largest absolute Gasteiger partial charge is 0.463 e. The molecule has 13 atom stereocenters. The Kier molecular flexibility index (Phi) is 5.80. The average Bonchev–Trinajstić information content (AvgIpc) is 3.81. The lowest BCUT2D eigenvalue weighted by atomic mass is 9.50. The number of aliphatic hydroxyl groups is 2. The highest BCUT2D eigenvalue weighted by atomic mass is 16.7. The van der Waals surface area contributed by atoms with Gasteiger partial charge in [-0.25, -0.2) is 9.59 Å². The molecule has 1 unspecified atom stereocenters. The zero-order chi connectivity index (χ0) is 28.3. The van der Waals surface area contributed by atoms with Crippen LogP contribution in [0.1, 0.15) is 47.0 Å². The van der Waals surface area contributed by atoms with Crippen LogP contribution in [-0.2, 0) is 42.7 Å². The van der Waals surface area contributed by atoms with Gasteiger partial charge in [0.2, 0.25) is 0 Å². The molecule has 0 aromatic carbocycles. The van der Waals surface area contributed by atoms with Gasteiger partial charge in [0.25, 0.3) is 0 Å². The molecule has 2 aliphatic carbocycles. The second kappa shape index (κ2) is 8.59. The molecule has 0 radical (unpaired) electrons. The first-order valence-electron chi connectivity index (χ1n) is 14.3. The van der Waals surface area contributed by atoms with Crippen molar-refractivity contribution in [1.29, 1.82) is 0 Å². The van der Waals surface area contributed by atoms with E-state index in [0.29, 0.717) is 19.4 Å². The summed E-state index contributed by atoms with van der Waals surface area (Å²) in [5, 5.41) is 20.9. The van der Waals surface area contributed by atoms with Gasteiger partial charge in [0.15, 0.2) is 6.10 Å². The molecule has 5 heterocycles. The standard InChI is InChI=1S/C29H38O11/c1-15(30)16-7-5-6-8-20(32)37-18-11-19-29(14-36-29)27(18,4)28(10-9-25(2)21(39-25)22(28)38-19)13-35-24(33)23-26(3,40-23)17(31)12-34-16/h5-8,15-19,21-23,30-31H,9-14H2,1-4H3/b7-5+,8-6?/t15-,16-,17+,18-,19-,21+,22-,23-,25?,26-,27-,28-,29+/m1/s1. The molecule has 0 aromatic heterocycles. The molecule has 5 aliphatic heterocycles. The Morgan fingerprint density at radius 3 is 2.52 bits per heavy atom. The van der Waals surface area contributed by atoms with Gasteiger partial charge >= 0.3 is 11.9 Å². The fraction of sp³-hybridized carbons (Fsp3) is 0.793. The lowest BCUT2D eigenvalue weighted by Crippen LogP contribution is -2.69. The van der Waals surface area contributed by atoms with Gasteiger partial charge in [0.05, 0.1) is 42.5 Å². The van der Waals surface area contributed by atoms with Crippen LogP contribution in [0.15, 0.2) is 24.3 Å². The van der Waals surface area contributed by atoms with E-state index in [2.05, 4.69) is 13.8 Å². The van der Waals surface area contributed by atoms with Crippen LogP contribution in [0.25, 0.3) is 0 Å². The third-order valence-corrected chi connectivity index (χ3v) is 11.1. The summed E-state index contributed by atoms with van der Waals surface area (Å²) in [6.07, 6.45) is 2.83. The van der Waals surface area contributed by atoms with Crippen molar-refractivity contribution >= 4 is 11.9 Å². The van der Waals surface area contributed by atoms with Crippen molar-refractivity contribution in [3.8, 4) is 0 Å². The molecule has 220 valence electrons. The maximum Gasteiger partial charge on any atom is 0.338 e.